The van der Waals surface area contributed by atoms with Gasteiger partial charge in [-0.15, -0.1) is 11.3 Å². The lowest BCUT2D eigenvalue weighted by Crippen LogP contribution is -2.14. The van der Waals surface area contributed by atoms with Gasteiger partial charge >= 0.3 is 6.18 Å². The highest BCUT2D eigenvalue weighted by Crippen LogP contribution is 2.33. The molecule has 2 aromatic heterocycles. The second-order valence-corrected chi connectivity index (χ2v) is 8.97. The van der Waals surface area contributed by atoms with Crippen molar-refractivity contribution in [3.8, 4) is 11.3 Å². The van der Waals surface area contributed by atoms with Crippen LogP contribution in [0.4, 0.5) is 24.5 Å². The molecule has 0 atom stereocenters. The number of hydrogen-bond donors (Lipinski definition) is 2. The molecule has 0 bridgehead atoms. The summed E-state index contributed by atoms with van der Waals surface area (Å²) >= 11 is 13.8. The van der Waals surface area contributed by atoms with Gasteiger partial charge in [0.2, 0.25) is 0 Å². The van der Waals surface area contributed by atoms with Gasteiger partial charge in [-0.3, -0.25) is 14.6 Å². The number of halogens is 5. The van der Waals surface area contributed by atoms with Crippen LogP contribution < -0.4 is 10.6 Å². The van der Waals surface area contributed by atoms with E-state index in [0.29, 0.717) is 21.8 Å². The van der Waals surface area contributed by atoms with E-state index in [0.717, 1.165) is 12.3 Å². The monoisotopic (exact) mass is 535 g/mol. The molecule has 5 nitrogen and oxygen atoms in total. The van der Waals surface area contributed by atoms with Gasteiger partial charge in [0.1, 0.15) is 0 Å². The lowest BCUT2D eigenvalue weighted by atomic mass is 10.1. The molecule has 2 N–H and O–H groups in total. The largest absolute Gasteiger partial charge is 0.417 e. The second-order valence-electron chi connectivity index (χ2n) is 7.20. The third kappa shape index (κ3) is 5.82. The minimum atomic E-state index is -4.51. The molecule has 11 heteroatoms. The summed E-state index contributed by atoms with van der Waals surface area (Å²) in [5.74, 6) is -0.821. The number of aromatic nitrogens is 1. The predicted octanol–water partition coefficient (Wildman–Crippen LogP) is 7.64. The van der Waals surface area contributed by atoms with E-state index in [4.69, 9.17) is 23.2 Å². The van der Waals surface area contributed by atoms with Gasteiger partial charge in [0.15, 0.2) is 0 Å². The Morgan fingerprint density at radius 3 is 2.20 bits per heavy atom. The maximum absolute atomic E-state index is 12.8. The van der Waals surface area contributed by atoms with Crippen molar-refractivity contribution in [2.24, 2.45) is 0 Å². The van der Waals surface area contributed by atoms with Crippen molar-refractivity contribution < 1.29 is 22.8 Å². The van der Waals surface area contributed by atoms with E-state index in [-0.39, 0.29) is 27.2 Å². The zero-order valence-electron chi connectivity index (χ0n) is 17.5. The van der Waals surface area contributed by atoms with E-state index in [1.165, 1.54) is 47.7 Å². The molecule has 0 fully saturated rings. The van der Waals surface area contributed by atoms with Crippen LogP contribution in [0.5, 0.6) is 0 Å². The Labute approximate surface area is 211 Å². The number of rotatable bonds is 5. The summed E-state index contributed by atoms with van der Waals surface area (Å²) in [7, 11) is 0. The van der Waals surface area contributed by atoms with Crippen LogP contribution in [0.2, 0.25) is 10.0 Å². The molecule has 2 heterocycles. The Balaban J connectivity index is 1.50. The van der Waals surface area contributed by atoms with E-state index < -0.39 is 17.6 Å². The van der Waals surface area contributed by atoms with E-state index in [2.05, 4.69) is 15.6 Å². The van der Waals surface area contributed by atoms with Crippen molar-refractivity contribution in [3.05, 3.63) is 98.3 Å². The molecule has 35 heavy (non-hydrogen) atoms. The number of nitrogens with zero attached hydrogens (tertiary/aromatic N) is 1. The smallest absolute Gasteiger partial charge is 0.322 e. The van der Waals surface area contributed by atoms with Crippen LogP contribution >= 0.6 is 34.5 Å². The molecule has 178 valence electrons. The average molecular weight is 536 g/mol. The van der Waals surface area contributed by atoms with Crippen molar-refractivity contribution in [2.45, 2.75) is 6.18 Å². The first-order valence-corrected chi connectivity index (χ1v) is 11.5. The summed E-state index contributed by atoms with van der Waals surface area (Å²) in [6.45, 7) is 0. The molecule has 0 radical (unpaired) electrons. The minimum absolute atomic E-state index is 0.116. The standard InChI is InChI=1S/C24H14Cl2F3N3O2S/c25-18-7-5-14(10-17(18)20-8-3-13(12-30-20)24(27,28)29)31-22(33)16-6-4-15(11-19(16)26)32-23(34)21-2-1-9-35-21/h1-12H,(H,31,33)(H,32,34). The van der Waals surface area contributed by atoms with Crippen molar-refractivity contribution in [1.82, 2.24) is 4.98 Å². The van der Waals surface area contributed by atoms with E-state index in [1.54, 1.807) is 23.6 Å². The number of alkyl halides is 3. The molecule has 0 aliphatic rings. The van der Waals surface area contributed by atoms with Crippen molar-refractivity contribution >= 4 is 57.7 Å². The van der Waals surface area contributed by atoms with Crippen molar-refractivity contribution in [3.63, 3.8) is 0 Å². The fourth-order valence-corrected chi connectivity index (χ4v) is 4.20. The van der Waals surface area contributed by atoms with Crippen LogP contribution in [-0.4, -0.2) is 16.8 Å². The molecule has 2 aromatic carbocycles. The van der Waals surface area contributed by atoms with Gasteiger partial charge in [-0.25, -0.2) is 0 Å². The number of amides is 2. The predicted molar refractivity (Wildman–Crippen MR) is 131 cm³/mol. The molecular formula is C24H14Cl2F3N3O2S. The molecule has 2 amide bonds. The zero-order valence-corrected chi connectivity index (χ0v) is 19.8. The molecule has 0 saturated carbocycles. The number of carbonyl (C=O) groups excluding carboxylic acids is 2. The summed E-state index contributed by atoms with van der Waals surface area (Å²) in [5.41, 5.74) is 0.588. The van der Waals surface area contributed by atoms with Gasteiger partial charge in [-0.05, 0) is 60.0 Å². The summed E-state index contributed by atoms with van der Waals surface area (Å²) in [6.07, 6.45) is -3.79. The van der Waals surface area contributed by atoms with E-state index >= 15 is 0 Å². The lowest BCUT2D eigenvalue weighted by Gasteiger charge is -2.12. The Morgan fingerprint density at radius 1 is 0.857 bits per heavy atom. The lowest BCUT2D eigenvalue weighted by molar-refractivity contribution is -0.137. The second kappa shape index (κ2) is 10.1. The molecule has 0 unspecified atom stereocenters. The SMILES string of the molecule is O=C(Nc1ccc(C(=O)Nc2ccc(Cl)c(-c3ccc(C(F)(F)F)cn3)c2)c(Cl)c1)c1cccs1. The highest BCUT2D eigenvalue weighted by atomic mass is 35.5. The average Bonchev–Trinajstić information content (AvgIpc) is 3.35. The van der Waals surface area contributed by atoms with E-state index in [9.17, 15) is 22.8 Å². The van der Waals surface area contributed by atoms with Gasteiger partial charge in [-0.1, -0.05) is 29.3 Å². The first kappa shape index (κ1) is 24.7. The van der Waals surface area contributed by atoms with Crippen molar-refractivity contribution in [2.75, 3.05) is 10.6 Å². The summed E-state index contributed by atoms with van der Waals surface area (Å²) in [6, 6.07) is 14.6. The van der Waals surface area contributed by atoms with Crippen LogP contribution in [0.15, 0.2) is 72.2 Å². The number of pyridine rings is 1. The maximum atomic E-state index is 12.8. The Bertz CT molecular complexity index is 1390. The highest BCUT2D eigenvalue weighted by Gasteiger charge is 2.30. The van der Waals surface area contributed by atoms with Gasteiger partial charge in [0, 0.05) is 23.1 Å². The molecule has 0 saturated heterocycles. The Hall–Kier alpha value is -3.40. The van der Waals surface area contributed by atoms with Gasteiger partial charge in [0.25, 0.3) is 11.8 Å². The number of hydrogen-bond acceptors (Lipinski definition) is 4. The summed E-state index contributed by atoms with van der Waals surface area (Å²) in [4.78, 5) is 29.4. The van der Waals surface area contributed by atoms with Crippen LogP contribution in [-0.2, 0) is 6.18 Å². The first-order chi connectivity index (χ1) is 16.6. The minimum Gasteiger partial charge on any atom is -0.322 e. The Morgan fingerprint density at radius 2 is 1.57 bits per heavy atom. The maximum Gasteiger partial charge on any atom is 0.417 e. The Kier molecular flexibility index (Phi) is 7.11. The number of thiophene rings is 1. The quantitative estimate of drug-likeness (QED) is 0.275. The summed E-state index contributed by atoms with van der Waals surface area (Å²) < 4.78 is 38.4. The van der Waals surface area contributed by atoms with E-state index in [1.807, 2.05) is 0 Å². The highest BCUT2D eigenvalue weighted by molar-refractivity contribution is 7.12. The number of benzene rings is 2. The molecule has 0 aliphatic heterocycles. The van der Waals surface area contributed by atoms with Crippen LogP contribution in [0.25, 0.3) is 11.3 Å². The van der Waals surface area contributed by atoms with Crippen LogP contribution in [0.1, 0.15) is 25.6 Å². The number of nitrogens with one attached hydrogen (secondary N) is 2. The third-order valence-corrected chi connectivity index (χ3v) is 6.32. The fraction of sp³-hybridized carbons (Fsp3) is 0.0417. The molecule has 0 aliphatic carbocycles. The molecule has 0 spiro atoms. The topological polar surface area (TPSA) is 71.1 Å². The zero-order chi connectivity index (χ0) is 25.2. The van der Waals surface area contributed by atoms with Gasteiger partial charge < -0.3 is 10.6 Å². The fourth-order valence-electron chi connectivity index (χ4n) is 3.10. The normalized spacial score (nSPS) is 11.2. The van der Waals surface area contributed by atoms with Crippen LogP contribution in [0, 0.1) is 0 Å². The van der Waals surface area contributed by atoms with Crippen molar-refractivity contribution in [1.29, 1.82) is 0 Å². The molecule has 4 aromatic rings. The van der Waals surface area contributed by atoms with Gasteiger partial charge in [-0.2, -0.15) is 13.2 Å². The van der Waals surface area contributed by atoms with Gasteiger partial charge in [0.05, 0.1) is 31.7 Å². The number of carbonyl (C=O) groups is 2. The molecular weight excluding hydrogens is 522 g/mol. The third-order valence-electron chi connectivity index (χ3n) is 4.81. The molecule has 4 rings (SSSR count). The summed E-state index contributed by atoms with van der Waals surface area (Å²) in [5, 5.41) is 7.54. The first-order valence-electron chi connectivity index (χ1n) is 9.91. The number of anilines is 2. The van der Waals surface area contributed by atoms with Crippen LogP contribution in [0.3, 0.4) is 0 Å².